The summed E-state index contributed by atoms with van der Waals surface area (Å²) in [5.41, 5.74) is 3.24. The molecule has 0 radical (unpaired) electrons. The highest BCUT2D eigenvalue weighted by atomic mass is 16.7. The van der Waals surface area contributed by atoms with Gasteiger partial charge in [-0.1, -0.05) is 61.5 Å². The Hall–Kier alpha value is -4.47. The lowest BCUT2D eigenvalue weighted by Crippen LogP contribution is -2.27. The van der Waals surface area contributed by atoms with Gasteiger partial charge in [0.05, 0.1) is 28.7 Å². The maximum Gasteiger partial charge on any atom is 0.513 e. The van der Waals surface area contributed by atoms with Gasteiger partial charge in [-0.2, -0.15) is 4.98 Å². The topological polar surface area (TPSA) is 130 Å². The number of benzene rings is 2. The van der Waals surface area contributed by atoms with Gasteiger partial charge in [-0.05, 0) is 30.9 Å². The van der Waals surface area contributed by atoms with Crippen LogP contribution in [0.2, 0.25) is 0 Å². The SMILES string of the molecule is CC1=C(OC(=O)OCC(C)C)C(c2cccc([N+](=O)[O-])c2)C(c2nc(Cc3ccccc3)no2)=C(C)N1. The molecule has 1 aromatic heterocycles. The number of ether oxygens (including phenoxy) is 2. The molecule has 1 aliphatic heterocycles. The number of rotatable bonds is 8. The van der Waals surface area contributed by atoms with Gasteiger partial charge in [0, 0.05) is 24.3 Å². The zero-order chi connectivity index (χ0) is 26.5. The zero-order valence-corrected chi connectivity index (χ0v) is 21.1. The Morgan fingerprint density at radius 2 is 1.89 bits per heavy atom. The third-order valence-corrected chi connectivity index (χ3v) is 5.75. The minimum Gasteiger partial charge on any atom is -0.434 e. The van der Waals surface area contributed by atoms with Gasteiger partial charge in [0.2, 0.25) is 0 Å². The summed E-state index contributed by atoms with van der Waals surface area (Å²) >= 11 is 0. The van der Waals surface area contributed by atoms with E-state index in [1.807, 2.05) is 51.1 Å². The molecule has 0 saturated carbocycles. The molecule has 0 spiro atoms. The minimum atomic E-state index is -0.866. The highest BCUT2D eigenvalue weighted by molar-refractivity contribution is 5.76. The molecule has 0 bridgehead atoms. The van der Waals surface area contributed by atoms with Crippen molar-refractivity contribution in [1.29, 1.82) is 0 Å². The van der Waals surface area contributed by atoms with E-state index in [1.165, 1.54) is 12.1 Å². The van der Waals surface area contributed by atoms with Crippen LogP contribution in [-0.2, 0) is 15.9 Å². The summed E-state index contributed by atoms with van der Waals surface area (Å²) in [6.07, 6.45) is -0.403. The van der Waals surface area contributed by atoms with Gasteiger partial charge in [-0.25, -0.2) is 4.79 Å². The zero-order valence-electron chi connectivity index (χ0n) is 21.1. The average molecular weight is 505 g/mol. The average Bonchev–Trinajstić information content (AvgIpc) is 3.32. The fourth-order valence-corrected chi connectivity index (χ4v) is 4.10. The number of nitrogens with one attached hydrogen (secondary N) is 1. The Bertz CT molecular complexity index is 1360. The van der Waals surface area contributed by atoms with E-state index in [2.05, 4.69) is 15.5 Å². The van der Waals surface area contributed by atoms with Crippen LogP contribution in [0.3, 0.4) is 0 Å². The summed E-state index contributed by atoms with van der Waals surface area (Å²) in [5, 5.41) is 18.9. The first-order chi connectivity index (χ1) is 17.7. The second-order valence-electron chi connectivity index (χ2n) is 9.17. The molecule has 0 fully saturated rings. The number of dihydropyridines is 1. The van der Waals surface area contributed by atoms with E-state index in [9.17, 15) is 14.9 Å². The van der Waals surface area contributed by atoms with E-state index in [1.54, 1.807) is 19.1 Å². The molecule has 1 unspecified atom stereocenters. The van der Waals surface area contributed by atoms with E-state index in [-0.39, 0.29) is 29.9 Å². The molecule has 0 aliphatic carbocycles. The van der Waals surface area contributed by atoms with Gasteiger partial charge in [-0.3, -0.25) is 10.1 Å². The van der Waals surface area contributed by atoms with Crippen LogP contribution in [-0.4, -0.2) is 27.8 Å². The molecule has 1 aliphatic rings. The molecule has 1 N–H and O–H groups in total. The van der Waals surface area contributed by atoms with E-state index >= 15 is 0 Å². The first kappa shape index (κ1) is 25.6. The van der Waals surface area contributed by atoms with Crippen LogP contribution in [0.25, 0.3) is 5.57 Å². The third kappa shape index (κ3) is 6.03. The van der Waals surface area contributed by atoms with Gasteiger partial charge in [-0.15, -0.1) is 0 Å². The van der Waals surface area contributed by atoms with E-state index in [0.29, 0.717) is 34.8 Å². The van der Waals surface area contributed by atoms with Crippen molar-refractivity contribution >= 4 is 17.4 Å². The van der Waals surface area contributed by atoms with Crippen molar-refractivity contribution in [3.8, 4) is 0 Å². The molecule has 37 heavy (non-hydrogen) atoms. The number of nitro benzene ring substituents is 1. The van der Waals surface area contributed by atoms with Crippen molar-refractivity contribution in [3.63, 3.8) is 0 Å². The number of hydrogen-bond donors (Lipinski definition) is 1. The fourth-order valence-electron chi connectivity index (χ4n) is 4.10. The van der Waals surface area contributed by atoms with E-state index in [0.717, 1.165) is 5.56 Å². The molecule has 0 saturated heterocycles. The van der Waals surface area contributed by atoms with Crippen molar-refractivity contribution in [3.05, 3.63) is 105 Å². The van der Waals surface area contributed by atoms with E-state index in [4.69, 9.17) is 14.0 Å². The standard InChI is InChI=1S/C27H28N4O6/c1-16(2)15-35-27(32)36-25-18(4)28-17(3)23(24(25)20-11-8-12-21(14-20)31(33)34)26-29-22(30-37-26)13-19-9-6-5-7-10-19/h5-12,14,16,24,28H,13,15H2,1-4H3. The van der Waals surface area contributed by atoms with Crippen LogP contribution in [0.15, 0.2) is 76.3 Å². The van der Waals surface area contributed by atoms with Crippen LogP contribution in [0.5, 0.6) is 0 Å². The Morgan fingerprint density at radius 1 is 1.14 bits per heavy atom. The molecule has 10 heteroatoms. The second kappa shape index (κ2) is 11.1. The van der Waals surface area contributed by atoms with Crippen molar-refractivity contribution in [1.82, 2.24) is 15.5 Å². The lowest BCUT2D eigenvalue weighted by molar-refractivity contribution is -0.384. The van der Waals surface area contributed by atoms with Crippen molar-refractivity contribution in [2.75, 3.05) is 6.61 Å². The van der Waals surface area contributed by atoms with Crippen LogP contribution in [0, 0.1) is 16.0 Å². The fraction of sp³-hybridized carbons (Fsp3) is 0.296. The number of carbonyl (C=O) groups is 1. The number of non-ortho nitro benzene ring substituents is 1. The van der Waals surface area contributed by atoms with Gasteiger partial charge in [0.25, 0.3) is 11.6 Å². The Kier molecular flexibility index (Phi) is 7.66. The first-order valence-corrected chi connectivity index (χ1v) is 11.9. The Balaban J connectivity index is 1.75. The lowest BCUT2D eigenvalue weighted by atomic mass is 9.84. The van der Waals surface area contributed by atoms with Crippen molar-refractivity contribution < 1.29 is 23.7 Å². The molecular formula is C27H28N4O6. The predicted octanol–water partition coefficient (Wildman–Crippen LogP) is 5.73. The molecule has 0 amide bonds. The highest BCUT2D eigenvalue weighted by Crippen LogP contribution is 2.44. The molecule has 2 heterocycles. The summed E-state index contributed by atoms with van der Waals surface area (Å²) in [6.45, 7) is 7.61. The minimum absolute atomic E-state index is 0.0947. The summed E-state index contributed by atoms with van der Waals surface area (Å²) in [7, 11) is 0. The maximum absolute atomic E-state index is 12.6. The Morgan fingerprint density at radius 3 is 2.59 bits per heavy atom. The smallest absolute Gasteiger partial charge is 0.434 e. The summed E-state index contributed by atoms with van der Waals surface area (Å²) in [5.74, 6) is 0.315. The Labute approximate surface area is 214 Å². The highest BCUT2D eigenvalue weighted by Gasteiger charge is 2.36. The summed E-state index contributed by atoms with van der Waals surface area (Å²) < 4.78 is 16.6. The third-order valence-electron chi connectivity index (χ3n) is 5.75. The van der Waals surface area contributed by atoms with Crippen LogP contribution in [0.1, 0.15) is 56.5 Å². The van der Waals surface area contributed by atoms with E-state index < -0.39 is 17.0 Å². The molecule has 3 aromatic rings. The largest absolute Gasteiger partial charge is 0.513 e. The van der Waals surface area contributed by atoms with Crippen molar-refractivity contribution in [2.24, 2.45) is 5.92 Å². The molecule has 1 atom stereocenters. The predicted molar refractivity (Wildman–Crippen MR) is 135 cm³/mol. The lowest BCUT2D eigenvalue weighted by Gasteiger charge is -2.29. The number of aromatic nitrogens is 2. The molecule has 4 rings (SSSR count). The second-order valence-corrected chi connectivity index (χ2v) is 9.17. The molecular weight excluding hydrogens is 476 g/mol. The number of nitrogens with zero attached hydrogens (tertiary/aromatic N) is 3. The van der Waals surface area contributed by atoms with Gasteiger partial charge < -0.3 is 19.3 Å². The molecule has 192 valence electrons. The number of nitro groups is 1. The molecule has 10 nitrogen and oxygen atoms in total. The van der Waals surface area contributed by atoms with Gasteiger partial charge in [0.1, 0.15) is 5.76 Å². The summed E-state index contributed by atoms with van der Waals surface area (Å²) in [6, 6.07) is 15.9. The maximum atomic E-state index is 12.6. The summed E-state index contributed by atoms with van der Waals surface area (Å²) in [4.78, 5) is 28.2. The van der Waals surface area contributed by atoms with Crippen LogP contribution in [0.4, 0.5) is 10.5 Å². The number of carbonyl (C=O) groups excluding carboxylic acids is 1. The monoisotopic (exact) mass is 504 g/mol. The first-order valence-electron chi connectivity index (χ1n) is 11.9. The van der Waals surface area contributed by atoms with Gasteiger partial charge in [0.15, 0.2) is 5.82 Å². The van der Waals surface area contributed by atoms with Crippen LogP contribution >= 0.6 is 0 Å². The van der Waals surface area contributed by atoms with Gasteiger partial charge >= 0.3 is 6.16 Å². The van der Waals surface area contributed by atoms with Crippen LogP contribution < -0.4 is 5.32 Å². The molecule has 2 aromatic carbocycles. The van der Waals surface area contributed by atoms with Crippen molar-refractivity contribution in [2.45, 2.75) is 40.0 Å². The normalized spacial score (nSPS) is 15.5. The number of hydrogen-bond acceptors (Lipinski definition) is 9. The number of allylic oxidation sites excluding steroid dienone is 3. The quantitative estimate of drug-likeness (QED) is 0.232.